The number of ether oxygens (including phenoxy) is 1. The number of fused-ring (bicyclic) bond motifs is 6. The molecule has 1 amide bonds. The summed E-state index contributed by atoms with van der Waals surface area (Å²) in [6.45, 7) is 2.03. The third-order valence-corrected chi connectivity index (χ3v) is 9.46. The summed E-state index contributed by atoms with van der Waals surface area (Å²) in [5.74, 6) is -1.00. The number of methoxy groups -OCH3 is 1. The molecule has 0 unspecified atom stereocenters. The van der Waals surface area contributed by atoms with E-state index in [1.165, 1.54) is 11.3 Å². The van der Waals surface area contributed by atoms with Crippen LogP contribution in [-0.2, 0) is 10.2 Å². The van der Waals surface area contributed by atoms with E-state index < -0.39 is 23.4 Å². The van der Waals surface area contributed by atoms with Crippen LogP contribution >= 0.6 is 11.3 Å². The standard InChI is InChI=1S/C33H26N2O4S/c1-19-18-27-33(23-9-4-5-10-24(23)34-32(33)38)28(31(37)26-12-7-17-40-26)29(35(27)25-11-6-3-8-22(19)25)30(36)20-13-15-21(39-2)16-14-20/h3-18,27-29H,1-2H3,(H,34,38)/t27-,28+,29-,33+/m1/s1. The van der Waals surface area contributed by atoms with Gasteiger partial charge in [-0.1, -0.05) is 48.5 Å². The Labute approximate surface area is 235 Å². The largest absolute Gasteiger partial charge is 0.497 e. The van der Waals surface area contributed by atoms with Gasteiger partial charge in [-0.05, 0) is 65.9 Å². The minimum Gasteiger partial charge on any atom is -0.497 e. The van der Waals surface area contributed by atoms with Gasteiger partial charge in [-0.2, -0.15) is 0 Å². The van der Waals surface area contributed by atoms with Crippen LogP contribution in [0.4, 0.5) is 11.4 Å². The highest BCUT2D eigenvalue weighted by Gasteiger charge is 2.70. The molecule has 0 bridgehead atoms. The molecule has 3 aliphatic rings. The summed E-state index contributed by atoms with van der Waals surface area (Å²) in [4.78, 5) is 46.2. The lowest BCUT2D eigenvalue weighted by Crippen LogP contribution is -2.51. The highest BCUT2D eigenvalue weighted by molar-refractivity contribution is 7.12. The van der Waals surface area contributed by atoms with Crippen LogP contribution in [-0.4, -0.2) is 36.7 Å². The van der Waals surface area contributed by atoms with Crippen molar-refractivity contribution in [2.75, 3.05) is 17.3 Å². The van der Waals surface area contributed by atoms with Crippen molar-refractivity contribution in [1.82, 2.24) is 0 Å². The number of ketones is 2. The zero-order chi connectivity index (χ0) is 27.6. The second-order valence-corrected chi connectivity index (χ2v) is 11.4. The van der Waals surface area contributed by atoms with E-state index in [1.54, 1.807) is 37.4 Å². The molecule has 4 atom stereocenters. The van der Waals surface area contributed by atoms with Gasteiger partial charge in [0.15, 0.2) is 11.6 Å². The first kappa shape index (κ1) is 24.5. The number of para-hydroxylation sites is 2. The molecule has 1 fully saturated rings. The SMILES string of the molecule is COc1ccc(C(=O)[C@H]2[C@@H](C(=O)c3cccs3)[C@@]3(C(=O)Nc4ccccc43)[C@H]3C=C(C)c4ccccc4N23)cc1. The van der Waals surface area contributed by atoms with Crippen LogP contribution in [0.15, 0.2) is 96.4 Å². The summed E-state index contributed by atoms with van der Waals surface area (Å²) in [6.07, 6.45) is 2.07. The number of nitrogens with zero attached hydrogens (tertiary/aromatic N) is 1. The lowest BCUT2D eigenvalue weighted by Gasteiger charge is -2.39. The quantitative estimate of drug-likeness (QED) is 0.311. The Morgan fingerprint density at radius 2 is 1.68 bits per heavy atom. The number of rotatable bonds is 5. The van der Waals surface area contributed by atoms with Crippen molar-refractivity contribution in [2.24, 2.45) is 5.92 Å². The monoisotopic (exact) mass is 546 g/mol. The lowest BCUT2D eigenvalue weighted by atomic mass is 9.64. The van der Waals surface area contributed by atoms with Crippen LogP contribution in [0.5, 0.6) is 5.75 Å². The van der Waals surface area contributed by atoms with Crippen molar-refractivity contribution in [3.63, 3.8) is 0 Å². The molecule has 0 aliphatic carbocycles. The molecule has 40 heavy (non-hydrogen) atoms. The van der Waals surface area contributed by atoms with E-state index in [2.05, 4.69) is 11.4 Å². The minimum absolute atomic E-state index is 0.202. The van der Waals surface area contributed by atoms with Gasteiger partial charge in [0.2, 0.25) is 5.91 Å². The normalized spacial score (nSPS) is 24.1. The van der Waals surface area contributed by atoms with E-state index in [9.17, 15) is 14.4 Å². The summed E-state index contributed by atoms with van der Waals surface area (Å²) >= 11 is 1.33. The predicted octanol–water partition coefficient (Wildman–Crippen LogP) is 6.00. The Hall–Kier alpha value is -4.49. The summed E-state index contributed by atoms with van der Waals surface area (Å²) in [7, 11) is 1.58. The van der Waals surface area contributed by atoms with E-state index in [-0.39, 0.29) is 17.5 Å². The summed E-state index contributed by atoms with van der Waals surface area (Å²) in [5, 5.41) is 4.93. The molecule has 3 aromatic carbocycles. The van der Waals surface area contributed by atoms with Gasteiger partial charge in [0.1, 0.15) is 17.2 Å². The van der Waals surface area contributed by atoms with E-state index in [1.807, 2.05) is 71.8 Å². The number of Topliss-reactive ketones (excluding diaryl/α,β-unsaturated/α-hetero) is 2. The molecule has 7 rings (SSSR count). The van der Waals surface area contributed by atoms with E-state index >= 15 is 0 Å². The van der Waals surface area contributed by atoms with Crippen molar-refractivity contribution in [1.29, 1.82) is 0 Å². The Kier molecular flexibility index (Phi) is 5.54. The molecule has 1 aromatic heterocycles. The molecule has 4 heterocycles. The van der Waals surface area contributed by atoms with Gasteiger partial charge in [0, 0.05) is 22.5 Å². The van der Waals surface area contributed by atoms with Crippen LogP contribution in [0.1, 0.15) is 38.1 Å². The topological polar surface area (TPSA) is 75.7 Å². The van der Waals surface area contributed by atoms with Crippen LogP contribution in [0, 0.1) is 5.92 Å². The summed E-state index contributed by atoms with van der Waals surface area (Å²) in [6, 6.07) is 24.6. The van der Waals surface area contributed by atoms with Gasteiger partial charge in [0.05, 0.1) is 23.9 Å². The van der Waals surface area contributed by atoms with Gasteiger partial charge in [0.25, 0.3) is 0 Å². The number of nitrogens with one attached hydrogen (secondary N) is 1. The maximum atomic E-state index is 14.7. The van der Waals surface area contributed by atoms with Crippen molar-refractivity contribution < 1.29 is 19.1 Å². The van der Waals surface area contributed by atoms with Crippen LogP contribution in [0.3, 0.4) is 0 Å². The first-order valence-corrected chi connectivity index (χ1v) is 14.1. The highest BCUT2D eigenvalue weighted by atomic mass is 32.1. The minimum atomic E-state index is -1.31. The fraction of sp³-hybridized carbons (Fsp3) is 0.182. The van der Waals surface area contributed by atoms with Gasteiger partial charge in [-0.3, -0.25) is 14.4 Å². The molecular weight excluding hydrogens is 520 g/mol. The number of carbonyl (C=O) groups excluding carboxylic acids is 3. The number of amides is 1. The molecule has 6 nitrogen and oxygen atoms in total. The zero-order valence-corrected chi connectivity index (χ0v) is 22.8. The van der Waals surface area contributed by atoms with Crippen molar-refractivity contribution in [3.05, 3.63) is 118 Å². The molecule has 1 saturated heterocycles. The molecule has 1 spiro atoms. The van der Waals surface area contributed by atoms with Crippen molar-refractivity contribution in [2.45, 2.75) is 24.4 Å². The van der Waals surface area contributed by atoms with Crippen molar-refractivity contribution >= 4 is 45.8 Å². The smallest absolute Gasteiger partial charge is 0.238 e. The number of anilines is 2. The first-order valence-electron chi connectivity index (χ1n) is 13.2. The molecule has 198 valence electrons. The van der Waals surface area contributed by atoms with Crippen molar-refractivity contribution in [3.8, 4) is 5.75 Å². The molecule has 3 aliphatic heterocycles. The predicted molar refractivity (Wildman–Crippen MR) is 156 cm³/mol. The molecular formula is C33H26N2O4S. The Morgan fingerprint density at radius 3 is 2.42 bits per heavy atom. The highest BCUT2D eigenvalue weighted by Crippen LogP contribution is 2.59. The Bertz CT molecular complexity index is 1710. The second kappa shape index (κ2) is 9.03. The van der Waals surface area contributed by atoms with Crippen LogP contribution in [0.25, 0.3) is 5.57 Å². The van der Waals surface area contributed by atoms with Gasteiger partial charge >= 0.3 is 0 Å². The third-order valence-electron chi connectivity index (χ3n) is 8.57. The molecule has 1 N–H and O–H groups in total. The van der Waals surface area contributed by atoms with Gasteiger partial charge < -0.3 is 15.0 Å². The van der Waals surface area contributed by atoms with E-state index in [4.69, 9.17) is 4.74 Å². The fourth-order valence-electron chi connectivity index (χ4n) is 6.89. The molecule has 7 heteroatoms. The van der Waals surface area contributed by atoms with Gasteiger partial charge in [-0.15, -0.1) is 11.3 Å². The molecule has 0 saturated carbocycles. The fourth-order valence-corrected chi connectivity index (χ4v) is 7.59. The number of benzene rings is 3. The zero-order valence-electron chi connectivity index (χ0n) is 22.0. The number of thiophene rings is 1. The van der Waals surface area contributed by atoms with Crippen LogP contribution in [0.2, 0.25) is 0 Å². The number of hydrogen-bond acceptors (Lipinski definition) is 6. The Balaban J connectivity index is 1.54. The second-order valence-electron chi connectivity index (χ2n) is 10.4. The molecule has 0 radical (unpaired) electrons. The number of allylic oxidation sites excluding steroid dienone is 1. The molecule has 4 aromatic rings. The Morgan fingerprint density at radius 1 is 0.925 bits per heavy atom. The van der Waals surface area contributed by atoms with Crippen LogP contribution < -0.4 is 15.0 Å². The van der Waals surface area contributed by atoms with E-state index in [0.29, 0.717) is 21.9 Å². The summed E-state index contributed by atoms with van der Waals surface area (Å²) < 4.78 is 5.32. The maximum Gasteiger partial charge on any atom is 0.238 e. The first-order chi connectivity index (χ1) is 19.5. The lowest BCUT2D eigenvalue weighted by molar-refractivity contribution is -0.121. The van der Waals surface area contributed by atoms with E-state index in [0.717, 1.165) is 22.4 Å². The maximum absolute atomic E-state index is 14.7. The summed E-state index contributed by atoms with van der Waals surface area (Å²) in [5.41, 5.74) is 3.42. The van der Waals surface area contributed by atoms with Gasteiger partial charge in [-0.25, -0.2) is 0 Å². The average molecular weight is 547 g/mol. The number of hydrogen-bond donors (Lipinski definition) is 1. The third kappa shape index (κ3) is 3.24. The number of carbonyl (C=O) groups is 3. The average Bonchev–Trinajstić information content (AvgIpc) is 3.70.